The predicted molar refractivity (Wildman–Crippen MR) is 74.3 cm³/mol. The predicted octanol–water partition coefficient (Wildman–Crippen LogP) is -0.278. The van der Waals surface area contributed by atoms with Gasteiger partial charge in [0.15, 0.2) is 0 Å². The third kappa shape index (κ3) is 11.0. The van der Waals surface area contributed by atoms with Crippen LogP contribution in [0.5, 0.6) is 0 Å². The Hall–Kier alpha value is 0.236. The maximum absolute atomic E-state index is 10.4. The first-order valence-electron chi connectivity index (χ1n) is 6.15. The van der Waals surface area contributed by atoms with Crippen molar-refractivity contribution >= 4 is 16.9 Å². The summed E-state index contributed by atoms with van der Waals surface area (Å²) in [5.41, 5.74) is 0.331. The van der Waals surface area contributed by atoms with Gasteiger partial charge in [0, 0.05) is 0 Å². The number of hydrogen-bond acceptors (Lipinski definition) is 4. The summed E-state index contributed by atoms with van der Waals surface area (Å²) in [6.07, 6.45) is 1.77. The molecule has 0 unspecified atom stereocenters. The average molecular weight is 325 g/mol. The minimum Gasteiger partial charge on any atom is -0.478 e. The molecule has 1 N–H and O–H groups in total. The fourth-order valence-electron chi connectivity index (χ4n) is 1.34. The number of nitrogens with zero attached hydrogens (tertiary/aromatic N) is 1. The Labute approximate surface area is 164 Å². The molecule has 0 radical (unpaired) electrons. The molecule has 0 amide bonds. The molecule has 20 heavy (non-hydrogen) atoms. The van der Waals surface area contributed by atoms with Crippen molar-refractivity contribution in [2.45, 2.75) is 26.7 Å². The standard InChI is InChI=1S/C7H6O2.C6H14NO2S.K/c8-7(9)6-4-2-1-3-5-6;1-3-5-7(6-4-2)10(8)9;/h1-5H,(H,8,9);3-6H2,1-2H3;/q;-1;+1. The van der Waals surface area contributed by atoms with E-state index >= 15 is 0 Å². The van der Waals surface area contributed by atoms with Crippen LogP contribution in [0.25, 0.3) is 0 Å². The second-order valence-corrected chi connectivity index (χ2v) is 4.77. The first-order valence-corrected chi connectivity index (χ1v) is 7.18. The van der Waals surface area contributed by atoms with Crippen LogP contribution in [-0.4, -0.2) is 28.5 Å². The smallest absolute Gasteiger partial charge is 0.478 e. The van der Waals surface area contributed by atoms with Crippen molar-refractivity contribution in [2.24, 2.45) is 0 Å². The van der Waals surface area contributed by atoms with Crippen LogP contribution in [-0.2, 0) is 19.3 Å². The van der Waals surface area contributed by atoms with Gasteiger partial charge in [0.2, 0.25) is 0 Å². The zero-order chi connectivity index (χ0) is 14.7. The summed E-state index contributed by atoms with van der Waals surface area (Å²) in [7, 11) is -2.02. The van der Waals surface area contributed by atoms with Gasteiger partial charge in [0.25, 0.3) is 0 Å². The summed E-state index contributed by atoms with van der Waals surface area (Å²) in [6, 6.07) is 8.30. The Morgan fingerprint density at radius 3 is 1.80 bits per heavy atom. The summed E-state index contributed by atoms with van der Waals surface area (Å²) < 4.78 is 22.3. The van der Waals surface area contributed by atoms with Gasteiger partial charge in [-0.25, -0.2) is 4.79 Å². The molecule has 1 aromatic carbocycles. The van der Waals surface area contributed by atoms with E-state index in [0.29, 0.717) is 18.7 Å². The summed E-state index contributed by atoms with van der Waals surface area (Å²) in [4.78, 5) is 10.2. The quantitative estimate of drug-likeness (QED) is 0.577. The van der Waals surface area contributed by atoms with E-state index in [2.05, 4.69) is 0 Å². The molecule has 0 saturated heterocycles. The van der Waals surface area contributed by atoms with Crippen molar-refractivity contribution in [2.75, 3.05) is 13.1 Å². The number of rotatable bonds is 6. The fourth-order valence-corrected chi connectivity index (χ4v) is 2.00. The van der Waals surface area contributed by atoms with Gasteiger partial charge in [-0.1, -0.05) is 32.0 Å². The van der Waals surface area contributed by atoms with Crippen molar-refractivity contribution in [1.82, 2.24) is 4.31 Å². The second-order valence-electron chi connectivity index (χ2n) is 3.82. The largest absolute Gasteiger partial charge is 1.00 e. The number of carbonyl (C=O) groups is 1. The number of hydrogen-bond donors (Lipinski definition) is 1. The van der Waals surface area contributed by atoms with Gasteiger partial charge in [-0.15, -0.1) is 0 Å². The molecule has 7 heteroatoms. The van der Waals surface area contributed by atoms with E-state index < -0.39 is 16.9 Å². The number of aromatic carboxylic acids is 1. The first-order chi connectivity index (χ1) is 9.02. The van der Waals surface area contributed by atoms with Gasteiger partial charge in [0.1, 0.15) is 0 Å². The van der Waals surface area contributed by atoms with Crippen LogP contribution in [0.3, 0.4) is 0 Å². The molecule has 0 aromatic heterocycles. The monoisotopic (exact) mass is 325 g/mol. The topological polar surface area (TPSA) is 74.7 Å². The fraction of sp³-hybridized carbons (Fsp3) is 0.462. The molecular weight excluding hydrogens is 305 g/mol. The third-order valence-corrected chi connectivity index (χ3v) is 2.96. The van der Waals surface area contributed by atoms with Gasteiger partial charge < -0.3 is 17.8 Å². The molecule has 0 saturated carbocycles. The molecule has 5 nitrogen and oxygen atoms in total. The van der Waals surface area contributed by atoms with Gasteiger partial charge in [0.05, 0.1) is 5.56 Å². The SMILES string of the molecule is CCCN(CCC)[S-](=O)=O.O=C(O)c1ccccc1.[K+]. The molecule has 0 aliphatic carbocycles. The summed E-state index contributed by atoms with van der Waals surface area (Å²) in [5.74, 6) is -0.879. The van der Waals surface area contributed by atoms with Crippen LogP contribution in [0.2, 0.25) is 0 Å². The van der Waals surface area contributed by atoms with Crippen LogP contribution in [0, 0.1) is 0 Å². The summed E-state index contributed by atoms with van der Waals surface area (Å²) in [6.45, 7) is 5.22. The zero-order valence-corrected chi connectivity index (χ0v) is 16.2. The Morgan fingerprint density at radius 2 is 1.55 bits per heavy atom. The minimum absolute atomic E-state index is 0. The second kappa shape index (κ2) is 14.2. The van der Waals surface area contributed by atoms with Gasteiger partial charge >= 0.3 is 57.4 Å². The van der Waals surface area contributed by atoms with E-state index in [9.17, 15) is 13.2 Å². The van der Waals surface area contributed by atoms with E-state index in [4.69, 9.17) is 5.11 Å². The van der Waals surface area contributed by atoms with Crippen LogP contribution < -0.4 is 51.4 Å². The zero-order valence-electron chi connectivity index (χ0n) is 12.2. The number of benzene rings is 1. The first kappa shape index (κ1) is 22.5. The Bertz CT molecular complexity index is 423. The van der Waals surface area contributed by atoms with Crippen LogP contribution >= 0.6 is 0 Å². The van der Waals surface area contributed by atoms with E-state index in [-0.39, 0.29) is 51.4 Å². The molecule has 0 aliphatic heterocycles. The molecule has 0 fully saturated rings. The molecule has 1 aromatic rings. The Kier molecular flexibility index (Phi) is 16.0. The van der Waals surface area contributed by atoms with Crippen molar-refractivity contribution in [3.8, 4) is 0 Å². The molecule has 0 spiro atoms. The summed E-state index contributed by atoms with van der Waals surface area (Å²) in [5, 5.41) is 8.38. The van der Waals surface area contributed by atoms with Crippen LogP contribution in [0.1, 0.15) is 37.0 Å². The van der Waals surface area contributed by atoms with Crippen LogP contribution in [0.15, 0.2) is 30.3 Å². The maximum Gasteiger partial charge on any atom is 1.00 e. The minimum atomic E-state index is -2.02. The van der Waals surface area contributed by atoms with E-state index in [1.807, 2.05) is 13.8 Å². The van der Waals surface area contributed by atoms with Crippen LogP contribution in [0.4, 0.5) is 0 Å². The van der Waals surface area contributed by atoms with E-state index in [1.54, 1.807) is 30.3 Å². The summed E-state index contributed by atoms with van der Waals surface area (Å²) >= 11 is 0. The van der Waals surface area contributed by atoms with Crippen molar-refractivity contribution in [3.05, 3.63) is 35.9 Å². The molecule has 0 bridgehead atoms. The molecule has 0 heterocycles. The third-order valence-electron chi connectivity index (χ3n) is 2.18. The van der Waals surface area contributed by atoms with Gasteiger partial charge in [-0.05, 0) is 49.0 Å². The van der Waals surface area contributed by atoms with Gasteiger partial charge in [-0.2, -0.15) is 0 Å². The normalized spacial score (nSPS) is 9.60. The van der Waals surface area contributed by atoms with Gasteiger partial charge in [-0.3, -0.25) is 0 Å². The van der Waals surface area contributed by atoms with E-state index in [1.165, 1.54) is 4.31 Å². The number of carboxylic acids is 1. The number of carboxylic acid groups (broad SMARTS) is 1. The average Bonchev–Trinajstić information content (AvgIpc) is 2.40. The van der Waals surface area contributed by atoms with Crippen molar-refractivity contribution in [3.63, 3.8) is 0 Å². The molecule has 108 valence electrons. The van der Waals surface area contributed by atoms with Crippen molar-refractivity contribution < 1.29 is 69.7 Å². The molecule has 0 aliphatic rings. The molecule has 0 atom stereocenters. The van der Waals surface area contributed by atoms with E-state index in [0.717, 1.165) is 12.8 Å². The Balaban J connectivity index is 0. The van der Waals surface area contributed by atoms with Crippen molar-refractivity contribution in [1.29, 1.82) is 0 Å². The maximum atomic E-state index is 10.4. The molecule has 1 rings (SSSR count). The Morgan fingerprint density at radius 1 is 1.10 bits per heavy atom. The molecular formula is C13H20KNO4S.